The number of unbranched alkanes of at least 4 members (excludes halogenated alkanes) is 18. The van der Waals surface area contributed by atoms with Gasteiger partial charge in [-0.25, -0.2) is 4.57 Å². The Bertz CT molecular complexity index is 743. The van der Waals surface area contributed by atoms with Gasteiger partial charge in [-0.3, -0.25) is 18.6 Å². The van der Waals surface area contributed by atoms with E-state index in [1.54, 1.807) is 0 Å². The standard InChI is InChI=1S/C34H68NO8P/c1-6-8-10-12-14-15-16-17-18-19-21-22-24-26-33(36)40-30-32(31-42-44(38,39)41-29-28-35(3,4)5)43-34(37)27-25-23-20-13-11-9-7-2/h32H,6-31H2,1-5H3/p+1. The number of ether oxygens (including phenoxy) is 2. The average Bonchev–Trinajstić information content (AvgIpc) is 2.95. The monoisotopic (exact) mass is 650 g/mol. The van der Waals surface area contributed by atoms with Crippen LogP contribution in [0.3, 0.4) is 0 Å². The SMILES string of the molecule is CCCCCCCCCCCCCCCC(=O)OCC(COP(=O)(O)OCC[N+](C)(C)C)OC(=O)CCCCCCCCC. The molecule has 0 aromatic rings. The summed E-state index contributed by atoms with van der Waals surface area (Å²) in [5.41, 5.74) is 0. The summed E-state index contributed by atoms with van der Waals surface area (Å²) in [7, 11) is 1.48. The van der Waals surface area contributed by atoms with Gasteiger partial charge in [-0.05, 0) is 12.8 Å². The molecule has 0 aromatic heterocycles. The molecule has 0 aromatic carbocycles. The number of carbonyl (C=O) groups is 2. The van der Waals surface area contributed by atoms with E-state index in [1.807, 2.05) is 21.1 Å². The molecule has 0 rings (SSSR count). The van der Waals surface area contributed by atoms with Crippen LogP contribution >= 0.6 is 7.82 Å². The molecule has 2 unspecified atom stereocenters. The molecule has 0 aliphatic carbocycles. The molecule has 1 N–H and O–H groups in total. The Morgan fingerprint density at radius 2 is 1.02 bits per heavy atom. The van der Waals surface area contributed by atoms with Gasteiger partial charge in [0.1, 0.15) is 19.8 Å². The number of likely N-dealkylation sites (N-methyl/N-ethyl adjacent to an activating group) is 1. The van der Waals surface area contributed by atoms with Gasteiger partial charge in [0.2, 0.25) is 0 Å². The van der Waals surface area contributed by atoms with Crippen molar-refractivity contribution in [2.45, 2.75) is 161 Å². The molecule has 0 fully saturated rings. The minimum Gasteiger partial charge on any atom is -0.462 e. The van der Waals surface area contributed by atoms with Crippen LogP contribution in [0.15, 0.2) is 0 Å². The number of phosphoric ester groups is 1. The zero-order valence-electron chi connectivity index (χ0n) is 29.2. The minimum absolute atomic E-state index is 0.0358. The third kappa shape index (κ3) is 31.0. The Morgan fingerprint density at radius 3 is 1.45 bits per heavy atom. The van der Waals surface area contributed by atoms with Crippen LogP contribution in [0.25, 0.3) is 0 Å². The van der Waals surface area contributed by atoms with Crippen LogP contribution in [0.2, 0.25) is 0 Å². The van der Waals surface area contributed by atoms with Crippen molar-refractivity contribution in [1.29, 1.82) is 0 Å². The second kappa shape index (κ2) is 28.3. The maximum Gasteiger partial charge on any atom is 0.472 e. The molecule has 0 aliphatic heterocycles. The Morgan fingerprint density at radius 1 is 0.614 bits per heavy atom. The van der Waals surface area contributed by atoms with Crippen molar-refractivity contribution >= 4 is 19.8 Å². The van der Waals surface area contributed by atoms with Gasteiger partial charge >= 0.3 is 19.8 Å². The molecule has 0 radical (unpaired) electrons. The van der Waals surface area contributed by atoms with E-state index in [1.165, 1.54) is 83.5 Å². The van der Waals surface area contributed by atoms with Crippen LogP contribution in [-0.4, -0.2) is 74.9 Å². The topological polar surface area (TPSA) is 108 Å². The Labute approximate surface area is 270 Å². The van der Waals surface area contributed by atoms with E-state index in [0.29, 0.717) is 23.9 Å². The average molecular weight is 651 g/mol. The quantitative estimate of drug-likeness (QED) is 0.0333. The van der Waals surface area contributed by atoms with Gasteiger partial charge in [-0.1, -0.05) is 129 Å². The number of esters is 2. The predicted octanol–water partition coefficient (Wildman–Crippen LogP) is 8.90. The lowest BCUT2D eigenvalue weighted by molar-refractivity contribution is -0.870. The first kappa shape index (κ1) is 43.0. The number of phosphoric acid groups is 1. The van der Waals surface area contributed by atoms with Crippen molar-refractivity contribution in [3.63, 3.8) is 0 Å². The third-order valence-corrected chi connectivity index (χ3v) is 8.62. The van der Waals surface area contributed by atoms with Crippen LogP contribution in [0.5, 0.6) is 0 Å². The molecule has 0 bridgehead atoms. The van der Waals surface area contributed by atoms with Gasteiger partial charge in [0.05, 0.1) is 27.7 Å². The van der Waals surface area contributed by atoms with Gasteiger partial charge in [-0.15, -0.1) is 0 Å². The molecule has 0 spiro atoms. The molecule has 10 heteroatoms. The fraction of sp³-hybridized carbons (Fsp3) is 0.941. The largest absolute Gasteiger partial charge is 0.472 e. The Hall–Kier alpha value is -0.990. The van der Waals surface area contributed by atoms with Gasteiger partial charge in [0.25, 0.3) is 0 Å². The fourth-order valence-electron chi connectivity index (χ4n) is 4.78. The number of rotatable bonds is 32. The highest BCUT2D eigenvalue weighted by Gasteiger charge is 2.27. The van der Waals surface area contributed by atoms with Crippen molar-refractivity contribution in [2.75, 3.05) is 47.5 Å². The van der Waals surface area contributed by atoms with Gasteiger partial charge in [-0.2, -0.15) is 0 Å². The van der Waals surface area contributed by atoms with E-state index in [9.17, 15) is 19.0 Å². The van der Waals surface area contributed by atoms with Gasteiger partial charge in [0, 0.05) is 12.8 Å². The second-order valence-electron chi connectivity index (χ2n) is 13.3. The summed E-state index contributed by atoms with van der Waals surface area (Å²) in [5, 5.41) is 0. The van der Waals surface area contributed by atoms with E-state index in [-0.39, 0.29) is 25.6 Å². The number of quaternary nitrogens is 1. The smallest absolute Gasteiger partial charge is 0.462 e. The lowest BCUT2D eigenvalue weighted by atomic mass is 10.0. The minimum atomic E-state index is -4.35. The normalized spacial score (nSPS) is 13.9. The molecule has 262 valence electrons. The first-order valence-corrected chi connectivity index (χ1v) is 19.3. The highest BCUT2D eigenvalue weighted by molar-refractivity contribution is 7.47. The van der Waals surface area contributed by atoms with E-state index in [2.05, 4.69) is 13.8 Å². The lowest BCUT2D eigenvalue weighted by Gasteiger charge is -2.24. The molecule has 0 amide bonds. The highest BCUT2D eigenvalue weighted by atomic mass is 31.2. The van der Waals surface area contributed by atoms with Crippen LogP contribution in [0, 0.1) is 0 Å². The maximum atomic E-state index is 12.5. The van der Waals surface area contributed by atoms with Crippen molar-refractivity contribution in [3.8, 4) is 0 Å². The molecule has 44 heavy (non-hydrogen) atoms. The first-order valence-electron chi connectivity index (χ1n) is 17.8. The molecule has 0 saturated heterocycles. The molecular weight excluding hydrogens is 581 g/mol. The van der Waals surface area contributed by atoms with E-state index in [4.69, 9.17) is 18.5 Å². The summed E-state index contributed by atoms with van der Waals surface area (Å²) in [6.07, 6.45) is 23.1. The van der Waals surface area contributed by atoms with Crippen molar-refractivity contribution in [2.24, 2.45) is 0 Å². The summed E-state index contributed by atoms with van der Waals surface area (Å²) in [4.78, 5) is 34.9. The molecule has 0 saturated carbocycles. The number of nitrogens with zero attached hydrogens (tertiary/aromatic N) is 1. The second-order valence-corrected chi connectivity index (χ2v) is 14.7. The van der Waals surface area contributed by atoms with Crippen molar-refractivity contribution in [1.82, 2.24) is 0 Å². The summed E-state index contributed by atoms with van der Waals surface area (Å²) in [6, 6.07) is 0. The predicted molar refractivity (Wildman–Crippen MR) is 178 cm³/mol. The summed E-state index contributed by atoms with van der Waals surface area (Å²) in [5.74, 6) is -0.800. The van der Waals surface area contributed by atoms with Crippen molar-refractivity contribution < 1.29 is 42.1 Å². The zero-order valence-corrected chi connectivity index (χ0v) is 30.1. The van der Waals surface area contributed by atoms with E-state index >= 15 is 0 Å². The summed E-state index contributed by atoms with van der Waals surface area (Å²) < 4.78 is 34.0. The van der Waals surface area contributed by atoms with E-state index in [0.717, 1.165) is 38.5 Å². The number of carbonyl (C=O) groups excluding carboxylic acids is 2. The third-order valence-electron chi connectivity index (χ3n) is 7.64. The fourth-order valence-corrected chi connectivity index (χ4v) is 5.52. The molecule has 0 heterocycles. The van der Waals surface area contributed by atoms with Gasteiger partial charge < -0.3 is 18.9 Å². The first-order chi connectivity index (χ1) is 21.0. The van der Waals surface area contributed by atoms with Crippen LogP contribution in [-0.2, 0) is 32.7 Å². The molecule has 0 aliphatic rings. The van der Waals surface area contributed by atoms with Crippen LogP contribution < -0.4 is 0 Å². The molecule has 2 atom stereocenters. The van der Waals surface area contributed by atoms with Gasteiger partial charge in [0.15, 0.2) is 6.10 Å². The molecule has 9 nitrogen and oxygen atoms in total. The molecular formula is C34H69NO8P+. The summed E-state index contributed by atoms with van der Waals surface area (Å²) in [6.45, 7) is 4.36. The zero-order chi connectivity index (χ0) is 32.9. The Balaban J connectivity index is 4.39. The Kier molecular flexibility index (Phi) is 27.6. The van der Waals surface area contributed by atoms with Crippen LogP contribution in [0.4, 0.5) is 0 Å². The summed E-state index contributed by atoms with van der Waals surface area (Å²) >= 11 is 0. The maximum absolute atomic E-state index is 12.5. The lowest BCUT2D eigenvalue weighted by Crippen LogP contribution is -2.37. The number of hydrogen-bond acceptors (Lipinski definition) is 7. The van der Waals surface area contributed by atoms with Crippen molar-refractivity contribution in [3.05, 3.63) is 0 Å². The highest BCUT2D eigenvalue weighted by Crippen LogP contribution is 2.43. The van der Waals surface area contributed by atoms with E-state index < -0.39 is 26.5 Å². The number of hydrogen-bond donors (Lipinski definition) is 1. The van der Waals surface area contributed by atoms with Crippen LogP contribution in [0.1, 0.15) is 155 Å².